The summed E-state index contributed by atoms with van der Waals surface area (Å²) < 4.78 is 12.7. The molecule has 3 nitrogen and oxygen atoms in total. The third-order valence-electron chi connectivity index (χ3n) is 2.02. The molecule has 0 aliphatic carbocycles. The van der Waals surface area contributed by atoms with E-state index < -0.39 is 6.17 Å². The van der Waals surface area contributed by atoms with Crippen molar-refractivity contribution in [3.05, 3.63) is 0 Å². The fourth-order valence-corrected chi connectivity index (χ4v) is 1.43. The van der Waals surface area contributed by atoms with Gasteiger partial charge in [-0.1, -0.05) is 0 Å². The maximum absolute atomic E-state index is 12.7. The fourth-order valence-electron chi connectivity index (χ4n) is 1.43. The van der Waals surface area contributed by atoms with Crippen molar-refractivity contribution in [3.8, 4) is 0 Å². The van der Waals surface area contributed by atoms with Gasteiger partial charge in [0, 0.05) is 12.5 Å². The Kier molecular flexibility index (Phi) is 2.44. The Balaban J connectivity index is 2.52. The first-order chi connectivity index (χ1) is 5.15. The molecule has 0 radical (unpaired) electrons. The van der Waals surface area contributed by atoms with Gasteiger partial charge in [0.25, 0.3) is 0 Å². The van der Waals surface area contributed by atoms with E-state index in [2.05, 4.69) is 0 Å². The molecule has 0 aromatic heterocycles. The lowest BCUT2D eigenvalue weighted by atomic mass is 10.2. The summed E-state index contributed by atoms with van der Waals surface area (Å²) in [5, 5.41) is 0. The number of amides is 1. The number of halogens is 1. The van der Waals surface area contributed by atoms with Crippen LogP contribution in [0.15, 0.2) is 0 Å². The molecule has 0 saturated carbocycles. The zero-order valence-electron chi connectivity index (χ0n) is 6.59. The van der Waals surface area contributed by atoms with Gasteiger partial charge >= 0.3 is 0 Å². The summed E-state index contributed by atoms with van der Waals surface area (Å²) in [4.78, 5) is 12.5. The van der Waals surface area contributed by atoms with Gasteiger partial charge in [-0.3, -0.25) is 4.79 Å². The minimum Gasteiger partial charge on any atom is -0.336 e. The van der Waals surface area contributed by atoms with Crippen LogP contribution in [0.1, 0.15) is 13.3 Å². The van der Waals surface area contributed by atoms with Crippen molar-refractivity contribution in [2.75, 3.05) is 13.1 Å². The molecule has 1 rings (SSSR count). The molecule has 11 heavy (non-hydrogen) atoms. The van der Waals surface area contributed by atoms with E-state index >= 15 is 0 Å². The number of rotatable bonds is 1. The molecule has 0 bridgehead atoms. The quantitative estimate of drug-likeness (QED) is 0.582. The first-order valence-corrected chi connectivity index (χ1v) is 3.78. The van der Waals surface area contributed by atoms with Gasteiger partial charge in [-0.15, -0.1) is 0 Å². The normalized spacial score (nSPS) is 31.0. The minimum atomic E-state index is -0.861. The van der Waals surface area contributed by atoms with Gasteiger partial charge in [0.15, 0.2) is 0 Å². The Morgan fingerprint density at radius 1 is 1.82 bits per heavy atom. The molecule has 4 heteroatoms. The molecule has 1 fully saturated rings. The third-order valence-corrected chi connectivity index (χ3v) is 2.02. The Morgan fingerprint density at radius 3 is 2.82 bits per heavy atom. The monoisotopic (exact) mass is 160 g/mol. The van der Waals surface area contributed by atoms with E-state index in [1.165, 1.54) is 4.90 Å². The molecule has 2 atom stereocenters. The number of carbonyl (C=O) groups is 1. The Bertz CT molecular complexity index is 163. The number of alkyl halides is 1. The van der Waals surface area contributed by atoms with E-state index in [1.807, 2.05) is 6.92 Å². The molecule has 64 valence electrons. The van der Waals surface area contributed by atoms with Crippen LogP contribution in [0.3, 0.4) is 0 Å². The van der Waals surface area contributed by atoms with Crippen LogP contribution in [0.5, 0.6) is 0 Å². The molecule has 0 aromatic carbocycles. The molecule has 1 aliphatic rings. The summed E-state index contributed by atoms with van der Waals surface area (Å²) in [5.74, 6) is -0.155. The second-order valence-corrected chi connectivity index (χ2v) is 2.93. The van der Waals surface area contributed by atoms with Crippen LogP contribution in [-0.2, 0) is 4.79 Å². The smallest absolute Gasteiger partial charge is 0.236 e. The second-order valence-electron chi connectivity index (χ2n) is 2.93. The number of likely N-dealkylation sites (tertiary alicyclic amines) is 1. The zero-order valence-corrected chi connectivity index (χ0v) is 6.59. The van der Waals surface area contributed by atoms with E-state index in [0.717, 1.165) is 0 Å². The summed E-state index contributed by atoms with van der Waals surface area (Å²) >= 11 is 0. The van der Waals surface area contributed by atoms with Crippen LogP contribution < -0.4 is 5.73 Å². The van der Waals surface area contributed by atoms with Crippen molar-refractivity contribution >= 4 is 5.91 Å². The van der Waals surface area contributed by atoms with E-state index in [4.69, 9.17) is 5.73 Å². The van der Waals surface area contributed by atoms with Crippen molar-refractivity contribution in [3.63, 3.8) is 0 Å². The number of hydrogen-bond donors (Lipinski definition) is 1. The van der Waals surface area contributed by atoms with Gasteiger partial charge in [-0.2, -0.15) is 0 Å². The number of carbonyl (C=O) groups excluding carboxylic acids is 1. The maximum atomic E-state index is 12.7. The highest BCUT2D eigenvalue weighted by Crippen LogP contribution is 2.19. The van der Waals surface area contributed by atoms with Crippen molar-refractivity contribution in [1.82, 2.24) is 4.90 Å². The average molecular weight is 160 g/mol. The lowest BCUT2D eigenvalue weighted by molar-refractivity contribution is -0.130. The van der Waals surface area contributed by atoms with Gasteiger partial charge in [0.2, 0.25) is 5.91 Å². The summed E-state index contributed by atoms with van der Waals surface area (Å²) in [6.45, 7) is 2.04. The van der Waals surface area contributed by atoms with Crippen LogP contribution in [-0.4, -0.2) is 36.1 Å². The molecule has 1 heterocycles. The minimum absolute atomic E-state index is 0.0149. The fraction of sp³-hybridized carbons (Fsp3) is 0.857. The topological polar surface area (TPSA) is 46.3 Å². The van der Waals surface area contributed by atoms with Crippen LogP contribution in [0, 0.1) is 0 Å². The lowest BCUT2D eigenvalue weighted by Crippen LogP contribution is -2.38. The van der Waals surface area contributed by atoms with Crippen LogP contribution in [0.4, 0.5) is 4.39 Å². The van der Waals surface area contributed by atoms with Crippen molar-refractivity contribution in [2.45, 2.75) is 25.6 Å². The predicted octanol–water partition coefficient (Wildman–Crippen LogP) is -0.0960. The SMILES string of the molecule is CC1CC(F)CN1C(=O)CN. The van der Waals surface area contributed by atoms with E-state index in [1.54, 1.807) is 0 Å². The number of hydrogen-bond acceptors (Lipinski definition) is 2. The standard InChI is InChI=1S/C7H13FN2O/c1-5-2-6(8)4-10(5)7(11)3-9/h5-6H,2-4,9H2,1H3. The van der Waals surface area contributed by atoms with E-state index in [9.17, 15) is 9.18 Å². The molecule has 1 amide bonds. The summed E-state index contributed by atoms with van der Waals surface area (Å²) in [6.07, 6.45) is -0.411. The highest BCUT2D eigenvalue weighted by atomic mass is 19.1. The van der Waals surface area contributed by atoms with Crippen molar-refractivity contribution in [1.29, 1.82) is 0 Å². The molecule has 1 aliphatic heterocycles. The van der Waals surface area contributed by atoms with Crippen LogP contribution in [0.2, 0.25) is 0 Å². The molecule has 0 aromatic rings. The molecular weight excluding hydrogens is 147 g/mol. The molecule has 1 saturated heterocycles. The second kappa shape index (κ2) is 3.17. The summed E-state index contributed by atoms with van der Waals surface area (Å²) in [7, 11) is 0. The van der Waals surface area contributed by atoms with Gasteiger partial charge in [0.05, 0.1) is 13.1 Å². The van der Waals surface area contributed by atoms with Crippen molar-refractivity contribution < 1.29 is 9.18 Å². The van der Waals surface area contributed by atoms with Crippen molar-refractivity contribution in [2.24, 2.45) is 5.73 Å². The maximum Gasteiger partial charge on any atom is 0.236 e. The molecule has 2 unspecified atom stereocenters. The lowest BCUT2D eigenvalue weighted by Gasteiger charge is -2.19. The van der Waals surface area contributed by atoms with Gasteiger partial charge in [0.1, 0.15) is 6.17 Å². The number of nitrogens with two attached hydrogens (primary N) is 1. The van der Waals surface area contributed by atoms with Crippen LogP contribution in [0.25, 0.3) is 0 Å². The van der Waals surface area contributed by atoms with E-state index in [0.29, 0.717) is 6.42 Å². The predicted molar refractivity (Wildman–Crippen MR) is 39.7 cm³/mol. The summed E-state index contributed by atoms with van der Waals surface area (Å²) in [5.41, 5.74) is 5.15. The largest absolute Gasteiger partial charge is 0.336 e. The first-order valence-electron chi connectivity index (χ1n) is 3.78. The number of nitrogens with zero attached hydrogens (tertiary/aromatic N) is 1. The van der Waals surface area contributed by atoms with Gasteiger partial charge in [-0.25, -0.2) is 4.39 Å². The highest BCUT2D eigenvalue weighted by Gasteiger charge is 2.31. The molecule has 0 spiro atoms. The first kappa shape index (κ1) is 8.46. The van der Waals surface area contributed by atoms with Gasteiger partial charge in [-0.05, 0) is 6.92 Å². The van der Waals surface area contributed by atoms with Crippen LogP contribution >= 0.6 is 0 Å². The highest BCUT2D eigenvalue weighted by molar-refractivity contribution is 5.78. The third kappa shape index (κ3) is 1.68. The van der Waals surface area contributed by atoms with Gasteiger partial charge < -0.3 is 10.6 Å². The average Bonchev–Trinajstić information content (AvgIpc) is 2.28. The molecule has 2 N–H and O–H groups in total. The Labute approximate surface area is 65.3 Å². The Hall–Kier alpha value is -0.640. The zero-order chi connectivity index (χ0) is 8.43. The molecular formula is C7H13FN2O. The summed E-state index contributed by atoms with van der Waals surface area (Å²) in [6, 6.07) is 0.0149. The van der Waals surface area contributed by atoms with E-state index in [-0.39, 0.29) is 25.0 Å². The Morgan fingerprint density at radius 2 is 2.45 bits per heavy atom.